The Morgan fingerprint density at radius 1 is 0.500 bits per heavy atom. The van der Waals surface area contributed by atoms with Gasteiger partial charge in [-0.05, 0) is 0 Å². The van der Waals surface area contributed by atoms with Gasteiger partial charge in [0.15, 0.2) is 0 Å². The lowest BCUT2D eigenvalue weighted by Crippen LogP contribution is -2.04. The summed E-state index contributed by atoms with van der Waals surface area (Å²) in [5.41, 5.74) is 0. The minimum Gasteiger partial charge on any atom is -0.854 e. The molecule has 0 saturated heterocycles. The van der Waals surface area contributed by atoms with Gasteiger partial charge in [0, 0.05) is 0 Å². The second kappa shape index (κ2) is 19.3. The fourth-order valence-electron chi connectivity index (χ4n) is 2.30. The maximum atomic E-state index is 10.2. The zero-order valence-electron chi connectivity index (χ0n) is 13.0. The Hall–Kier alpha value is -0.0800. The molecule has 0 amide bonds. The molecule has 0 aliphatic heterocycles. The fraction of sp³-hybridized carbons (Fsp3) is 1.00. The molecule has 112 valence electrons. The van der Waals surface area contributed by atoms with E-state index < -0.39 is 0 Å². The van der Waals surface area contributed by atoms with Crippen molar-refractivity contribution < 1.29 is 5.11 Å². The summed E-state index contributed by atoms with van der Waals surface area (Å²) in [7, 11) is 0. The van der Waals surface area contributed by atoms with E-state index in [9.17, 15) is 5.11 Å². The highest BCUT2D eigenvalue weighted by molar-refractivity contribution is 4.48. The topological polar surface area (TPSA) is 59.6 Å². The molecule has 0 aromatic carbocycles. The summed E-state index contributed by atoms with van der Waals surface area (Å²) in [5, 5.41) is 10.2. The molecule has 0 aliphatic carbocycles. The van der Waals surface area contributed by atoms with Crippen molar-refractivity contribution in [1.82, 2.24) is 6.15 Å². The van der Waals surface area contributed by atoms with Gasteiger partial charge in [-0.25, -0.2) is 0 Å². The van der Waals surface area contributed by atoms with Gasteiger partial charge in [-0.15, -0.1) is 6.61 Å². The van der Waals surface area contributed by atoms with Crippen LogP contribution in [0.15, 0.2) is 0 Å². The summed E-state index contributed by atoms with van der Waals surface area (Å²) in [5.74, 6) is 0. The first-order valence-electron chi connectivity index (χ1n) is 8.00. The van der Waals surface area contributed by atoms with Gasteiger partial charge >= 0.3 is 0 Å². The molecule has 0 unspecified atom stereocenters. The lowest BCUT2D eigenvalue weighted by atomic mass is 10.0. The second-order valence-corrected chi connectivity index (χ2v) is 5.30. The van der Waals surface area contributed by atoms with E-state index >= 15 is 0 Å². The third-order valence-corrected chi connectivity index (χ3v) is 3.50. The number of quaternary nitrogens is 1. The number of unbranched alkanes of at least 4 members (excludes halogenated alkanes) is 13. The van der Waals surface area contributed by atoms with Crippen molar-refractivity contribution in [1.29, 1.82) is 0 Å². The SMILES string of the molecule is CCCCCCCCCCCCCCCC[O-].[NH4+]. The van der Waals surface area contributed by atoms with Crippen LogP contribution in [0.3, 0.4) is 0 Å². The summed E-state index contributed by atoms with van der Waals surface area (Å²) < 4.78 is 0. The second-order valence-electron chi connectivity index (χ2n) is 5.30. The van der Waals surface area contributed by atoms with Crippen molar-refractivity contribution in [3.8, 4) is 0 Å². The van der Waals surface area contributed by atoms with E-state index in [0.717, 1.165) is 12.8 Å². The largest absolute Gasteiger partial charge is 0.854 e. The van der Waals surface area contributed by atoms with Crippen LogP contribution in [-0.2, 0) is 0 Å². The smallest absolute Gasteiger partial charge is 0.0533 e. The molecule has 0 rings (SSSR count). The highest BCUT2D eigenvalue weighted by Gasteiger charge is 1.92. The third kappa shape index (κ3) is 18.3. The summed E-state index contributed by atoms with van der Waals surface area (Å²) in [4.78, 5) is 0. The van der Waals surface area contributed by atoms with Crippen LogP contribution in [0.4, 0.5) is 0 Å². The van der Waals surface area contributed by atoms with E-state index in [1.165, 1.54) is 77.0 Å². The Labute approximate surface area is 115 Å². The van der Waals surface area contributed by atoms with Gasteiger partial charge in [0.05, 0.1) is 0 Å². The van der Waals surface area contributed by atoms with Crippen LogP contribution in [-0.4, -0.2) is 6.61 Å². The van der Waals surface area contributed by atoms with Crippen molar-refractivity contribution in [3.63, 3.8) is 0 Å². The van der Waals surface area contributed by atoms with Crippen LogP contribution < -0.4 is 11.3 Å². The highest BCUT2D eigenvalue weighted by atomic mass is 16.2. The molecule has 0 spiro atoms. The maximum absolute atomic E-state index is 10.2. The number of hydrogen-bond acceptors (Lipinski definition) is 1. The Morgan fingerprint density at radius 2 is 0.778 bits per heavy atom. The molecule has 18 heavy (non-hydrogen) atoms. The first kappa shape index (κ1) is 20.2. The first-order valence-corrected chi connectivity index (χ1v) is 8.00. The molecule has 0 saturated carbocycles. The molecule has 0 aliphatic rings. The van der Waals surface area contributed by atoms with Gasteiger partial charge < -0.3 is 11.3 Å². The van der Waals surface area contributed by atoms with Crippen molar-refractivity contribution in [2.75, 3.05) is 6.61 Å². The number of hydrogen-bond donors (Lipinski definition) is 1. The van der Waals surface area contributed by atoms with E-state index in [2.05, 4.69) is 6.92 Å². The van der Waals surface area contributed by atoms with Crippen molar-refractivity contribution in [2.45, 2.75) is 96.8 Å². The van der Waals surface area contributed by atoms with Gasteiger partial charge in [-0.1, -0.05) is 96.8 Å². The van der Waals surface area contributed by atoms with Crippen LogP contribution >= 0.6 is 0 Å². The molecule has 0 aromatic rings. The Bertz CT molecular complexity index is 114. The standard InChI is InChI=1S/C16H33O.H3N/c1-2-3-4-5-6-7-8-9-10-11-12-13-14-15-16-17;/h2-16H2,1H3;1H3/q-1;/p+1. The van der Waals surface area contributed by atoms with Gasteiger partial charge in [-0.2, -0.15) is 0 Å². The quantitative estimate of drug-likeness (QED) is 0.428. The van der Waals surface area contributed by atoms with Crippen LogP contribution in [0.1, 0.15) is 96.8 Å². The first-order chi connectivity index (χ1) is 8.41. The molecular formula is C16H37NO. The van der Waals surface area contributed by atoms with Crippen LogP contribution in [0.25, 0.3) is 0 Å². The van der Waals surface area contributed by atoms with Crippen molar-refractivity contribution in [3.05, 3.63) is 0 Å². The molecule has 0 heterocycles. The van der Waals surface area contributed by atoms with Crippen LogP contribution in [0.5, 0.6) is 0 Å². The third-order valence-electron chi connectivity index (χ3n) is 3.50. The number of rotatable bonds is 14. The van der Waals surface area contributed by atoms with E-state index in [1.807, 2.05) is 0 Å². The minimum atomic E-state index is 0. The zero-order valence-corrected chi connectivity index (χ0v) is 13.0. The summed E-state index contributed by atoms with van der Waals surface area (Å²) in [6, 6.07) is 0. The molecular weight excluding hydrogens is 222 g/mol. The molecule has 0 radical (unpaired) electrons. The van der Waals surface area contributed by atoms with Gasteiger partial charge in [0.2, 0.25) is 0 Å². The van der Waals surface area contributed by atoms with Crippen LogP contribution in [0, 0.1) is 0 Å². The average Bonchev–Trinajstić information content (AvgIpc) is 2.35. The van der Waals surface area contributed by atoms with Crippen LogP contribution in [0.2, 0.25) is 0 Å². The molecule has 0 aromatic heterocycles. The van der Waals surface area contributed by atoms with Crippen molar-refractivity contribution in [2.24, 2.45) is 0 Å². The van der Waals surface area contributed by atoms with E-state index in [1.54, 1.807) is 0 Å². The molecule has 0 atom stereocenters. The van der Waals surface area contributed by atoms with Gasteiger partial charge in [0.25, 0.3) is 0 Å². The summed E-state index contributed by atoms with van der Waals surface area (Å²) in [6.07, 6.45) is 18.9. The fourth-order valence-corrected chi connectivity index (χ4v) is 2.30. The Morgan fingerprint density at radius 3 is 1.06 bits per heavy atom. The molecule has 0 fully saturated rings. The predicted molar refractivity (Wildman–Crippen MR) is 81.2 cm³/mol. The average molecular weight is 259 g/mol. The van der Waals surface area contributed by atoms with Gasteiger partial charge in [0.1, 0.15) is 0 Å². The minimum absolute atomic E-state index is 0. The van der Waals surface area contributed by atoms with Gasteiger partial charge in [-0.3, -0.25) is 0 Å². The molecule has 4 N–H and O–H groups in total. The predicted octanol–water partition coefficient (Wildman–Crippen LogP) is 5.20. The molecule has 0 bridgehead atoms. The molecule has 2 nitrogen and oxygen atoms in total. The lowest BCUT2D eigenvalue weighted by molar-refractivity contribution is -0.368. The monoisotopic (exact) mass is 259 g/mol. The van der Waals surface area contributed by atoms with E-state index in [4.69, 9.17) is 0 Å². The maximum Gasteiger partial charge on any atom is -0.0533 e. The van der Waals surface area contributed by atoms with Crippen molar-refractivity contribution >= 4 is 0 Å². The van der Waals surface area contributed by atoms with E-state index in [-0.39, 0.29) is 12.8 Å². The Kier molecular flexibility index (Phi) is 21.7. The van der Waals surface area contributed by atoms with E-state index in [0.29, 0.717) is 0 Å². The molecule has 2 heteroatoms. The Balaban J connectivity index is 0. The normalized spacial score (nSPS) is 10.3. The summed E-state index contributed by atoms with van der Waals surface area (Å²) in [6.45, 7) is 2.40. The summed E-state index contributed by atoms with van der Waals surface area (Å²) >= 11 is 0. The lowest BCUT2D eigenvalue weighted by Gasteiger charge is -2.04. The zero-order chi connectivity index (χ0) is 12.6. The highest BCUT2D eigenvalue weighted by Crippen LogP contribution is 2.12.